The maximum absolute atomic E-state index is 5.63. The van der Waals surface area contributed by atoms with E-state index in [1.165, 1.54) is 49.8 Å². The van der Waals surface area contributed by atoms with E-state index < -0.39 is 0 Å². The Balaban J connectivity index is 1.69. The molecule has 136 valence electrons. The topological polar surface area (TPSA) is 24.8 Å². The molecule has 0 saturated heterocycles. The Morgan fingerprint density at radius 2 is 1.96 bits per heavy atom. The maximum atomic E-state index is 5.63. The number of hydrogen-bond acceptors (Lipinski definition) is 3. The number of methoxy groups -OCH3 is 1. The fourth-order valence-corrected chi connectivity index (χ4v) is 6.14. The molecular weight excluding hydrogens is 308 g/mol. The van der Waals surface area contributed by atoms with Crippen LogP contribution in [0.4, 0.5) is 0 Å². The van der Waals surface area contributed by atoms with E-state index in [9.17, 15) is 0 Å². The van der Waals surface area contributed by atoms with Gasteiger partial charge < -0.3 is 9.75 Å². The highest BCUT2D eigenvalue weighted by Crippen LogP contribution is 2.60. The Bertz CT molecular complexity index is 708. The van der Waals surface area contributed by atoms with Crippen molar-refractivity contribution in [3.8, 4) is 5.75 Å². The second-order valence-electron chi connectivity index (χ2n) is 8.82. The zero-order valence-electron chi connectivity index (χ0n) is 16.4. The van der Waals surface area contributed by atoms with E-state index in [4.69, 9.17) is 9.84 Å². The van der Waals surface area contributed by atoms with Gasteiger partial charge in [0.1, 0.15) is 5.75 Å². The van der Waals surface area contributed by atoms with Crippen LogP contribution in [0.5, 0.6) is 5.75 Å². The third-order valence-corrected chi connectivity index (χ3v) is 7.30. The average Bonchev–Trinajstić information content (AvgIpc) is 2.90. The second-order valence-corrected chi connectivity index (χ2v) is 8.82. The fourth-order valence-electron chi connectivity index (χ4n) is 6.14. The van der Waals surface area contributed by atoms with Gasteiger partial charge >= 0.3 is 0 Å². The van der Waals surface area contributed by atoms with Crippen LogP contribution in [0.15, 0.2) is 17.2 Å². The zero-order valence-corrected chi connectivity index (χ0v) is 16.4. The first-order valence-electron chi connectivity index (χ1n) is 9.86. The largest absolute Gasteiger partial charge is 0.496 e. The summed E-state index contributed by atoms with van der Waals surface area (Å²) in [5.74, 6) is 3.39. The number of hydrogen-bond donors (Lipinski definition) is 0. The molecule has 0 N–H and O–H groups in total. The number of fused-ring (bicyclic) bond motifs is 5. The summed E-state index contributed by atoms with van der Waals surface area (Å²) >= 11 is 0. The Kier molecular flexibility index (Phi) is 4.09. The van der Waals surface area contributed by atoms with Crippen molar-refractivity contribution >= 4 is 5.71 Å². The van der Waals surface area contributed by atoms with Crippen LogP contribution in [0.2, 0.25) is 0 Å². The molecule has 1 aromatic rings. The minimum atomic E-state index is 0.317. The smallest absolute Gasteiger partial charge is 0.122 e. The van der Waals surface area contributed by atoms with E-state index in [0.717, 1.165) is 23.5 Å². The van der Waals surface area contributed by atoms with Crippen LogP contribution >= 0.6 is 0 Å². The molecule has 2 saturated carbocycles. The highest BCUT2D eigenvalue weighted by atomic mass is 16.5. The zero-order chi connectivity index (χ0) is 17.8. The van der Waals surface area contributed by atoms with Gasteiger partial charge in [0, 0.05) is 25.2 Å². The highest BCUT2D eigenvalue weighted by Gasteiger charge is 2.53. The third-order valence-electron chi connectivity index (χ3n) is 7.30. The van der Waals surface area contributed by atoms with Gasteiger partial charge in [-0.25, -0.2) is 0 Å². The molecule has 3 unspecified atom stereocenters. The third kappa shape index (κ3) is 2.58. The van der Waals surface area contributed by atoms with Gasteiger partial charge in [0.05, 0.1) is 7.11 Å². The maximum Gasteiger partial charge on any atom is 0.122 e. The first kappa shape index (κ1) is 16.9. The number of ether oxygens (including phenoxy) is 1. The van der Waals surface area contributed by atoms with Crippen molar-refractivity contribution in [2.45, 2.75) is 58.3 Å². The molecule has 3 aliphatic carbocycles. The molecule has 1 aromatic carbocycles. The quantitative estimate of drug-likeness (QED) is 0.724. The lowest BCUT2D eigenvalue weighted by molar-refractivity contribution is 0.0947. The fraction of sp³-hybridized carbons (Fsp3) is 0.682. The summed E-state index contributed by atoms with van der Waals surface area (Å²) in [6.07, 6.45) is 7.66. The highest BCUT2D eigenvalue weighted by molar-refractivity contribution is 5.92. The number of rotatable bonds is 2. The van der Waals surface area contributed by atoms with Crippen LogP contribution in [0.25, 0.3) is 0 Å². The Morgan fingerprint density at radius 3 is 2.68 bits per heavy atom. The van der Waals surface area contributed by atoms with Crippen molar-refractivity contribution in [2.75, 3.05) is 21.2 Å². The number of benzene rings is 1. The molecule has 4 atom stereocenters. The lowest BCUT2D eigenvalue weighted by Crippen LogP contribution is -2.42. The molecule has 0 radical (unpaired) electrons. The second kappa shape index (κ2) is 6.03. The van der Waals surface area contributed by atoms with Gasteiger partial charge in [0.25, 0.3) is 0 Å². The standard InChI is InChI=1S/C22H32N2O/c1-14-12-15-6-7-17-16(18(15)13-20(14)25-5)10-11-22(2)19(17)8-9-21(22)23-24(3)4/h12-13,16-17,19H,6-11H2,1-5H3/b23-21+/t16?,17?,19?,22-/m0/s1. The number of hydrazone groups is 1. The molecule has 0 aliphatic heterocycles. The van der Waals surface area contributed by atoms with Crippen molar-refractivity contribution in [3.05, 3.63) is 28.8 Å². The molecule has 0 amide bonds. The molecule has 0 spiro atoms. The van der Waals surface area contributed by atoms with Crippen LogP contribution < -0.4 is 4.74 Å². The SMILES string of the molecule is COc1cc2c(cc1C)CCC1C2CC[C@]2(C)/C(=N/N(C)C)CCC12. The van der Waals surface area contributed by atoms with Crippen LogP contribution in [0.3, 0.4) is 0 Å². The van der Waals surface area contributed by atoms with Gasteiger partial charge in [0.15, 0.2) is 0 Å². The van der Waals surface area contributed by atoms with Crippen LogP contribution in [-0.4, -0.2) is 31.9 Å². The van der Waals surface area contributed by atoms with Gasteiger partial charge in [-0.15, -0.1) is 0 Å². The van der Waals surface area contributed by atoms with Crippen LogP contribution in [-0.2, 0) is 6.42 Å². The number of nitrogens with zero attached hydrogens (tertiary/aromatic N) is 2. The lowest BCUT2D eigenvalue weighted by Gasteiger charge is -2.49. The molecule has 2 fully saturated rings. The first-order valence-corrected chi connectivity index (χ1v) is 9.86. The summed E-state index contributed by atoms with van der Waals surface area (Å²) in [5.41, 5.74) is 6.20. The molecule has 0 aromatic heterocycles. The molecule has 0 heterocycles. The van der Waals surface area contributed by atoms with E-state index in [1.54, 1.807) is 18.2 Å². The molecule has 4 rings (SSSR count). The van der Waals surface area contributed by atoms with E-state index in [1.807, 2.05) is 5.01 Å². The van der Waals surface area contributed by atoms with E-state index >= 15 is 0 Å². The first-order chi connectivity index (χ1) is 11.9. The summed E-state index contributed by atoms with van der Waals surface area (Å²) < 4.78 is 5.63. The van der Waals surface area contributed by atoms with Gasteiger partial charge in [-0.05, 0) is 86.0 Å². The molecule has 0 bridgehead atoms. The normalized spacial score (nSPS) is 35.1. The van der Waals surface area contributed by atoms with Gasteiger partial charge in [-0.2, -0.15) is 5.10 Å². The Hall–Kier alpha value is -1.51. The molecule has 3 aliphatic rings. The summed E-state index contributed by atoms with van der Waals surface area (Å²) in [6, 6.07) is 4.74. The van der Waals surface area contributed by atoms with Gasteiger partial charge in [0.2, 0.25) is 0 Å². The predicted molar refractivity (Wildman–Crippen MR) is 103 cm³/mol. The molecule has 25 heavy (non-hydrogen) atoms. The number of aryl methyl sites for hydroxylation is 2. The minimum Gasteiger partial charge on any atom is -0.496 e. The van der Waals surface area contributed by atoms with Crippen LogP contribution in [0, 0.1) is 24.2 Å². The molecular formula is C22H32N2O. The minimum absolute atomic E-state index is 0.317. The Morgan fingerprint density at radius 1 is 1.16 bits per heavy atom. The van der Waals surface area contributed by atoms with Crippen molar-refractivity contribution in [1.29, 1.82) is 0 Å². The van der Waals surface area contributed by atoms with E-state index in [0.29, 0.717) is 5.41 Å². The molecule has 3 nitrogen and oxygen atoms in total. The molecule has 3 heteroatoms. The summed E-state index contributed by atoms with van der Waals surface area (Å²) in [5, 5.41) is 6.88. The van der Waals surface area contributed by atoms with Gasteiger partial charge in [-0.3, -0.25) is 0 Å². The van der Waals surface area contributed by atoms with Crippen molar-refractivity contribution in [3.63, 3.8) is 0 Å². The van der Waals surface area contributed by atoms with E-state index in [-0.39, 0.29) is 0 Å². The lowest BCUT2D eigenvalue weighted by atomic mass is 9.55. The average molecular weight is 341 g/mol. The van der Waals surface area contributed by atoms with Gasteiger partial charge in [-0.1, -0.05) is 13.0 Å². The van der Waals surface area contributed by atoms with Crippen molar-refractivity contribution in [2.24, 2.45) is 22.4 Å². The Labute approximate surface area is 152 Å². The van der Waals surface area contributed by atoms with Crippen molar-refractivity contribution in [1.82, 2.24) is 5.01 Å². The summed E-state index contributed by atoms with van der Waals surface area (Å²) in [4.78, 5) is 0. The predicted octanol–water partition coefficient (Wildman–Crippen LogP) is 4.78. The van der Waals surface area contributed by atoms with Crippen LogP contribution in [0.1, 0.15) is 61.6 Å². The summed E-state index contributed by atoms with van der Waals surface area (Å²) in [6.45, 7) is 4.67. The van der Waals surface area contributed by atoms with Crippen molar-refractivity contribution < 1.29 is 4.74 Å². The monoisotopic (exact) mass is 340 g/mol. The summed E-state index contributed by atoms with van der Waals surface area (Å²) in [7, 11) is 5.91. The van der Waals surface area contributed by atoms with E-state index in [2.05, 4.69) is 40.1 Å².